The van der Waals surface area contributed by atoms with Crippen LogP contribution in [0.15, 0.2) is 47.4 Å². The van der Waals surface area contributed by atoms with Crippen LogP contribution in [0.1, 0.15) is 29.8 Å². The zero-order chi connectivity index (χ0) is 20.6. The Kier molecular flexibility index (Phi) is 5.50. The number of carbonyl (C=O) groups is 1. The Hall–Kier alpha value is -2.62. The van der Waals surface area contributed by atoms with Crippen molar-refractivity contribution in [2.45, 2.75) is 31.0 Å². The van der Waals surface area contributed by atoms with Crippen molar-refractivity contribution in [3.63, 3.8) is 0 Å². The predicted octanol–water partition coefficient (Wildman–Crippen LogP) is 4.15. The molecule has 2 rings (SSSR count). The van der Waals surface area contributed by atoms with Crippen LogP contribution in [-0.2, 0) is 16.2 Å². The molecule has 1 N–H and O–H groups in total. The smallest absolute Gasteiger partial charge is 0.416 e. The molecule has 0 radical (unpaired) electrons. The third-order valence-corrected chi connectivity index (χ3v) is 5.64. The molecule has 0 aliphatic carbocycles. The van der Waals surface area contributed by atoms with Crippen LogP contribution in [-0.4, -0.2) is 25.5 Å². The van der Waals surface area contributed by atoms with Gasteiger partial charge in [0.05, 0.1) is 21.7 Å². The van der Waals surface area contributed by atoms with Gasteiger partial charge in [0.25, 0.3) is 10.0 Å². The van der Waals surface area contributed by atoms with Gasteiger partial charge in [-0.05, 0) is 56.3 Å². The van der Waals surface area contributed by atoms with Gasteiger partial charge in [-0.25, -0.2) is 17.6 Å². The molecular formula is C17H15F4NO4S. The molecule has 0 aromatic heterocycles. The number of anilines is 1. The van der Waals surface area contributed by atoms with E-state index in [1.807, 2.05) is 0 Å². The third kappa shape index (κ3) is 4.21. The van der Waals surface area contributed by atoms with Gasteiger partial charge >= 0.3 is 12.1 Å². The van der Waals surface area contributed by atoms with E-state index in [-0.39, 0.29) is 5.56 Å². The summed E-state index contributed by atoms with van der Waals surface area (Å²) in [5.74, 6) is -2.47. The molecule has 0 heterocycles. The summed E-state index contributed by atoms with van der Waals surface area (Å²) in [5.41, 5.74) is -1.80. The molecule has 0 aliphatic rings. The summed E-state index contributed by atoms with van der Waals surface area (Å²) >= 11 is 0. The monoisotopic (exact) mass is 405 g/mol. The number of sulfonamides is 1. The van der Waals surface area contributed by atoms with E-state index in [9.17, 15) is 30.8 Å². The second kappa shape index (κ2) is 7.18. The van der Waals surface area contributed by atoms with Crippen LogP contribution in [0.3, 0.4) is 0 Å². The Morgan fingerprint density at radius 2 is 1.63 bits per heavy atom. The van der Waals surface area contributed by atoms with Crippen LogP contribution in [0.4, 0.5) is 23.2 Å². The van der Waals surface area contributed by atoms with Gasteiger partial charge in [0.1, 0.15) is 5.82 Å². The number of benzene rings is 2. The van der Waals surface area contributed by atoms with Gasteiger partial charge in [-0.2, -0.15) is 13.2 Å². The highest BCUT2D eigenvalue weighted by atomic mass is 32.2. The maximum absolute atomic E-state index is 14.4. The van der Waals surface area contributed by atoms with E-state index >= 15 is 0 Å². The zero-order valence-electron chi connectivity index (χ0n) is 14.2. The van der Waals surface area contributed by atoms with E-state index in [1.54, 1.807) is 0 Å². The molecule has 0 aliphatic heterocycles. The lowest BCUT2D eigenvalue weighted by atomic mass is 10.2. The Bertz CT molecular complexity index is 954. The van der Waals surface area contributed by atoms with Crippen molar-refractivity contribution in [2.24, 2.45) is 0 Å². The van der Waals surface area contributed by atoms with E-state index in [4.69, 9.17) is 5.11 Å². The summed E-state index contributed by atoms with van der Waals surface area (Å²) < 4.78 is 78.8. The van der Waals surface area contributed by atoms with Crippen molar-refractivity contribution in [3.8, 4) is 0 Å². The minimum atomic E-state index is -4.63. The zero-order valence-corrected chi connectivity index (χ0v) is 15.0. The molecule has 0 amide bonds. The largest absolute Gasteiger partial charge is 0.478 e. The molecule has 0 saturated heterocycles. The number of hydrogen-bond acceptors (Lipinski definition) is 3. The predicted molar refractivity (Wildman–Crippen MR) is 89.6 cm³/mol. The lowest BCUT2D eigenvalue weighted by Crippen LogP contribution is -2.37. The Morgan fingerprint density at radius 3 is 2.04 bits per heavy atom. The van der Waals surface area contributed by atoms with Gasteiger partial charge in [0, 0.05) is 6.04 Å². The summed E-state index contributed by atoms with van der Waals surface area (Å²) in [6.45, 7) is 2.90. The Balaban J connectivity index is 2.54. The van der Waals surface area contributed by atoms with Crippen molar-refractivity contribution in [1.82, 2.24) is 0 Å². The van der Waals surface area contributed by atoms with Crippen molar-refractivity contribution < 1.29 is 35.9 Å². The normalized spacial score (nSPS) is 12.3. The first-order chi connectivity index (χ1) is 12.4. The summed E-state index contributed by atoms with van der Waals surface area (Å²) in [7, 11) is -4.39. The topological polar surface area (TPSA) is 74.7 Å². The highest BCUT2D eigenvalue weighted by Gasteiger charge is 2.33. The molecule has 0 spiro atoms. The lowest BCUT2D eigenvalue weighted by Gasteiger charge is -2.28. The summed E-state index contributed by atoms with van der Waals surface area (Å²) in [6, 6.07) is 4.75. The van der Waals surface area contributed by atoms with Gasteiger partial charge in [0.2, 0.25) is 0 Å². The minimum Gasteiger partial charge on any atom is -0.478 e. The second-order valence-corrected chi connectivity index (χ2v) is 7.70. The highest BCUT2D eigenvalue weighted by Crippen LogP contribution is 2.32. The fourth-order valence-electron chi connectivity index (χ4n) is 2.43. The van der Waals surface area contributed by atoms with Crippen molar-refractivity contribution in [1.29, 1.82) is 0 Å². The molecule has 0 bridgehead atoms. The number of hydrogen-bond donors (Lipinski definition) is 1. The number of nitrogens with zero attached hydrogens (tertiary/aromatic N) is 1. The van der Waals surface area contributed by atoms with Crippen molar-refractivity contribution >= 4 is 21.7 Å². The molecule has 146 valence electrons. The number of alkyl halides is 3. The SMILES string of the molecule is CC(C)N(c1ccc(C(=O)O)cc1F)S(=O)(=O)c1ccc(C(F)(F)F)cc1. The van der Waals surface area contributed by atoms with E-state index in [0.717, 1.165) is 24.3 Å². The average Bonchev–Trinajstić information content (AvgIpc) is 2.55. The van der Waals surface area contributed by atoms with Crippen LogP contribution in [0.2, 0.25) is 0 Å². The van der Waals surface area contributed by atoms with Crippen molar-refractivity contribution in [3.05, 3.63) is 59.4 Å². The number of halogens is 4. The van der Waals surface area contributed by atoms with Crippen LogP contribution >= 0.6 is 0 Å². The molecule has 0 saturated carbocycles. The molecule has 2 aromatic carbocycles. The summed E-state index contributed by atoms with van der Waals surface area (Å²) in [4.78, 5) is 10.5. The number of carboxylic acids is 1. The number of aromatic carboxylic acids is 1. The fourth-order valence-corrected chi connectivity index (χ4v) is 4.10. The fraction of sp³-hybridized carbons (Fsp3) is 0.235. The average molecular weight is 405 g/mol. The van der Waals surface area contributed by atoms with Crippen molar-refractivity contribution in [2.75, 3.05) is 4.31 Å². The maximum atomic E-state index is 14.4. The number of carboxylic acid groups (broad SMARTS) is 1. The third-order valence-electron chi connectivity index (χ3n) is 3.64. The molecule has 0 atom stereocenters. The van der Waals surface area contributed by atoms with Gasteiger partial charge in [0.15, 0.2) is 0 Å². The maximum Gasteiger partial charge on any atom is 0.416 e. The van der Waals surface area contributed by atoms with Crippen LogP contribution in [0.5, 0.6) is 0 Å². The van der Waals surface area contributed by atoms with Gasteiger partial charge in [-0.15, -0.1) is 0 Å². The van der Waals surface area contributed by atoms with Gasteiger partial charge in [-0.3, -0.25) is 4.31 Å². The first-order valence-corrected chi connectivity index (χ1v) is 9.04. The van der Waals surface area contributed by atoms with E-state index < -0.39 is 50.2 Å². The molecule has 27 heavy (non-hydrogen) atoms. The van der Waals surface area contributed by atoms with E-state index in [1.165, 1.54) is 13.8 Å². The first-order valence-electron chi connectivity index (χ1n) is 7.60. The van der Waals surface area contributed by atoms with Gasteiger partial charge < -0.3 is 5.11 Å². The molecular weight excluding hydrogens is 390 g/mol. The minimum absolute atomic E-state index is 0.369. The summed E-state index contributed by atoms with van der Waals surface area (Å²) in [5, 5.41) is 8.89. The molecule has 0 fully saturated rings. The van der Waals surface area contributed by atoms with Crippen LogP contribution in [0.25, 0.3) is 0 Å². The van der Waals surface area contributed by atoms with Crippen LogP contribution < -0.4 is 4.31 Å². The molecule has 0 unspecified atom stereocenters. The lowest BCUT2D eigenvalue weighted by molar-refractivity contribution is -0.137. The molecule has 2 aromatic rings. The second-order valence-electron chi connectivity index (χ2n) is 5.89. The Labute approximate surface area is 152 Å². The Morgan fingerprint density at radius 1 is 1.07 bits per heavy atom. The van der Waals surface area contributed by atoms with E-state index in [2.05, 4.69) is 0 Å². The van der Waals surface area contributed by atoms with Gasteiger partial charge in [-0.1, -0.05) is 0 Å². The first kappa shape index (κ1) is 20.7. The van der Waals surface area contributed by atoms with Crippen LogP contribution in [0, 0.1) is 5.82 Å². The number of rotatable bonds is 5. The van der Waals surface area contributed by atoms with E-state index in [0.29, 0.717) is 22.5 Å². The summed E-state index contributed by atoms with van der Waals surface area (Å²) in [6.07, 6.45) is -4.63. The molecule has 5 nitrogen and oxygen atoms in total. The highest BCUT2D eigenvalue weighted by molar-refractivity contribution is 7.92. The standard InChI is InChI=1S/C17H15F4NO4S/c1-10(2)22(15-8-3-11(16(23)24)9-14(15)18)27(25,26)13-6-4-12(5-7-13)17(19,20)21/h3-10H,1-2H3,(H,23,24). The quantitative estimate of drug-likeness (QED) is 0.759. The molecule has 10 heteroatoms.